The van der Waals surface area contributed by atoms with Crippen LogP contribution in [0.4, 0.5) is 14.5 Å². The maximum absolute atomic E-state index is 14.8. The van der Waals surface area contributed by atoms with Crippen LogP contribution in [0.3, 0.4) is 0 Å². The van der Waals surface area contributed by atoms with Gasteiger partial charge in [0.15, 0.2) is 9.84 Å². The van der Waals surface area contributed by atoms with Gasteiger partial charge in [-0.2, -0.15) is 0 Å². The smallest absolute Gasteiger partial charge is 0.227 e. The highest BCUT2D eigenvalue weighted by atomic mass is 32.2. The predicted octanol–water partition coefficient (Wildman–Crippen LogP) is 2.26. The van der Waals surface area contributed by atoms with Crippen molar-refractivity contribution in [1.29, 1.82) is 0 Å². The third kappa shape index (κ3) is 3.76. The van der Waals surface area contributed by atoms with Crippen LogP contribution in [0, 0.1) is 17.0 Å². The van der Waals surface area contributed by atoms with E-state index in [0.717, 1.165) is 0 Å². The number of anilines is 1. The summed E-state index contributed by atoms with van der Waals surface area (Å²) in [6, 6.07) is 2.03. The minimum Gasteiger partial charge on any atom is -0.367 e. The van der Waals surface area contributed by atoms with Gasteiger partial charge in [-0.25, -0.2) is 17.2 Å². The third-order valence-electron chi connectivity index (χ3n) is 6.18. The molecule has 3 aliphatic heterocycles. The van der Waals surface area contributed by atoms with E-state index in [1.54, 1.807) is 4.90 Å². The molecule has 1 spiro atoms. The first-order valence-electron chi connectivity index (χ1n) is 9.47. The number of hydrogen-bond donors (Lipinski definition) is 1. The van der Waals surface area contributed by atoms with Crippen LogP contribution in [0.5, 0.6) is 0 Å². The topological polar surface area (TPSA) is 115 Å². The number of sulfone groups is 1. The monoisotopic (exact) mass is 425 g/mol. The normalized spacial score (nSPS) is 27.2. The van der Waals surface area contributed by atoms with Gasteiger partial charge in [-0.3, -0.25) is 4.79 Å². The second-order valence-electron chi connectivity index (χ2n) is 8.26. The molecule has 0 aliphatic carbocycles. The minimum absolute atomic E-state index is 0.0903. The van der Waals surface area contributed by atoms with E-state index < -0.39 is 27.4 Å². The van der Waals surface area contributed by atoms with Crippen LogP contribution in [0.25, 0.3) is 10.4 Å². The van der Waals surface area contributed by atoms with E-state index in [9.17, 15) is 22.0 Å². The summed E-state index contributed by atoms with van der Waals surface area (Å²) in [5, 5.41) is 6.11. The van der Waals surface area contributed by atoms with Crippen molar-refractivity contribution in [2.45, 2.75) is 31.2 Å². The third-order valence-corrected chi connectivity index (χ3v) is 8.29. The molecule has 1 aromatic rings. The molecule has 1 N–H and O–H groups in total. The molecule has 1 aromatic carbocycles. The number of halogens is 2. The molecule has 3 saturated heterocycles. The van der Waals surface area contributed by atoms with Gasteiger partial charge in [0.05, 0.1) is 17.4 Å². The molecule has 0 saturated carbocycles. The van der Waals surface area contributed by atoms with Gasteiger partial charge in [0, 0.05) is 36.0 Å². The van der Waals surface area contributed by atoms with Crippen LogP contribution in [0.15, 0.2) is 17.2 Å². The van der Waals surface area contributed by atoms with Crippen LogP contribution >= 0.6 is 0 Å². The lowest BCUT2D eigenvalue weighted by Gasteiger charge is -2.47. The lowest BCUT2D eigenvalue weighted by molar-refractivity contribution is -0.120. The molecule has 3 fully saturated rings. The summed E-state index contributed by atoms with van der Waals surface area (Å²) in [6.07, 6.45) is 1.47. The first-order valence-corrected chi connectivity index (χ1v) is 11.3. The number of benzene rings is 1. The fourth-order valence-corrected chi connectivity index (χ4v) is 7.13. The standard InChI is InChI=1S/C18H21F2N5O3S/c19-14-5-11(13-7-12(8-22-24-21)23-17(13)26)6-15(20)16(14)25-3-1-18(2-4-25)9-29(27,28)10-18/h5-6,12-13H,1-4,7-10H2,(H,23,26)/t12?,13-/m1/s1. The van der Waals surface area contributed by atoms with E-state index in [2.05, 4.69) is 15.3 Å². The second kappa shape index (κ2) is 7.14. The summed E-state index contributed by atoms with van der Waals surface area (Å²) < 4.78 is 52.6. The Hall–Kier alpha value is -2.39. The van der Waals surface area contributed by atoms with E-state index >= 15 is 0 Å². The van der Waals surface area contributed by atoms with Gasteiger partial charge in [0.1, 0.15) is 17.3 Å². The molecule has 8 nitrogen and oxygen atoms in total. The quantitative estimate of drug-likeness (QED) is 0.453. The number of nitrogens with one attached hydrogen (secondary N) is 1. The van der Waals surface area contributed by atoms with Crippen LogP contribution in [-0.2, 0) is 14.6 Å². The van der Waals surface area contributed by atoms with Gasteiger partial charge in [-0.1, -0.05) is 5.11 Å². The summed E-state index contributed by atoms with van der Waals surface area (Å²) in [5.74, 6) is -2.19. The molecule has 0 radical (unpaired) electrons. The first-order chi connectivity index (χ1) is 13.7. The number of carbonyl (C=O) groups is 1. The van der Waals surface area contributed by atoms with Crippen LogP contribution in [-0.4, -0.2) is 51.5 Å². The van der Waals surface area contributed by atoms with Gasteiger partial charge >= 0.3 is 0 Å². The van der Waals surface area contributed by atoms with Crippen molar-refractivity contribution >= 4 is 21.4 Å². The number of nitrogens with zero attached hydrogens (tertiary/aromatic N) is 4. The van der Waals surface area contributed by atoms with E-state index in [1.807, 2.05) is 0 Å². The summed E-state index contributed by atoms with van der Waals surface area (Å²) in [6.45, 7) is 0.870. The predicted molar refractivity (Wildman–Crippen MR) is 102 cm³/mol. The molecule has 2 atom stereocenters. The van der Waals surface area contributed by atoms with Gasteiger partial charge in [0.2, 0.25) is 5.91 Å². The highest BCUT2D eigenvalue weighted by Crippen LogP contribution is 2.44. The second-order valence-corrected chi connectivity index (χ2v) is 10.3. The van der Waals surface area contributed by atoms with Crippen LogP contribution in [0.2, 0.25) is 0 Å². The van der Waals surface area contributed by atoms with Crippen LogP contribution in [0.1, 0.15) is 30.7 Å². The zero-order valence-electron chi connectivity index (χ0n) is 15.6. The summed E-state index contributed by atoms with van der Waals surface area (Å²) >= 11 is 0. The zero-order valence-corrected chi connectivity index (χ0v) is 16.5. The Bertz CT molecular complexity index is 964. The molecule has 0 bridgehead atoms. The lowest BCUT2D eigenvalue weighted by atomic mass is 9.81. The summed E-state index contributed by atoms with van der Waals surface area (Å²) in [7, 11) is -2.95. The highest BCUT2D eigenvalue weighted by molar-refractivity contribution is 7.92. The average Bonchev–Trinajstić information content (AvgIpc) is 3.00. The average molecular weight is 425 g/mol. The Morgan fingerprint density at radius 1 is 1.24 bits per heavy atom. The molecule has 3 aliphatic rings. The maximum Gasteiger partial charge on any atom is 0.227 e. The molecule has 11 heteroatoms. The molecule has 1 unspecified atom stereocenters. The molecule has 0 aromatic heterocycles. The Balaban J connectivity index is 1.48. The SMILES string of the molecule is [N-]=[N+]=NCC1C[C@H](c2cc(F)c(N3CCC4(CC3)CS(=O)(=O)C4)c(F)c2)C(=O)N1. The van der Waals surface area contributed by atoms with E-state index in [1.165, 1.54) is 12.1 Å². The first kappa shape index (κ1) is 19.9. The number of amides is 1. The minimum atomic E-state index is -2.95. The number of hydrogen-bond acceptors (Lipinski definition) is 5. The molecule has 29 heavy (non-hydrogen) atoms. The molecule has 1 amide bonds. The molecule has 3 heterocycles. The Labute approximate surface area is 166 Å². The van der Waals surface area contributed by atoms with Gasteiger partial charge in [-0.05, 0) is 42.5 Å². The zero-order chi connectivity index (χ0) is 20.8. The fraction of sp³-hybridized carbons (Fsp3) is 0.611. The van der Waals surface area contributed by atoms with Crippen molar-refractivity contribution in [2.24, 2.45) is 10.5 Å². The molecular weight excluding hydrogens is 404 g/mol. The number of rotatable bonds is 4. The Morgan fingerprint density at radius 2 is 1.86 bits per heavy atom. The van der Waals surface area contributed by atoms with Crippen LogP contribution < -0.4 is 10.2 Å². The van der Waals surface area contributed by atoms with Gasteiger partial charge in [0.25, 0.3) is 0 Å². The Kier molecular flexibility index (Phi) is 4.90. The summed E-state index contributed by atoms with van der Waals surface area (Å²) in [4.78, 5) is 16.4. The van der Waals surface area contributed by atoms with E-state index in [4.69, 9.17) is 5.53 Å². The van der Waals surface area contributed by atoms with Crippen molar-refractivity contribution in [1.82, 2.24) is 5.32 Å². The van der Waals surface area contributed by atoms with E-state index in [-0.39, 0.29) is 46.7 Å². The van der Waals surface area contributed by atoms with Crippen molar-refractivity contribution < 1.29 is 22.0 Å². The summed E-state index contributed by atoms with van der Waals surface area (Å²) in [5.41, 5.74) is 8.27. The fourth-order valence-electron chi connectivity index (χ4n) is 4.77. The molecule has 156 valence electrons. The largest absolute Gasteiger partial charge is 0.367 e. The van der Waals surface area contributed by atoms with Crippen molar-refractivity contribution in [3.8, 4) is 0 Å². The number of azide groups is 1. The maximum atomic E-state index is 14.8. The van der Waals surface area contributed by atoms with Crippen molar-refractivity contribution in [3.63, 3.8) is 0 Å². The molecule has 4 rings (SSSR count). The highest BCUT2D eigenvalue weighted by Gasteiger charge is 2.49. The van der Waals surface area contributed by atoms with Gasteiger partial charge in [-0.15, -0.1) is 0 Å². The Morgan fingerprint density at radius 3 is 2.41 bits per heavy atom. The van der Waals surface area contributed by atoms with Crippen molar-refractivity contribution in [2.75, 3.05) is 36.0 Å². The van der Waals surface area contributed by atoms with Crippen molar-refractivity contribution in [3.05, 3.63) is 39.8 Å². The van der Waals surface area contributed by atoms with Gasteiger partial charge < -0.3 is 10.2 Å². The van der Waals surface area contributed by atoms with E-state index in [0.29, 0.717) is 32.4 Å². The molecular formula is C18H21F2N5O3S. The lowest BCUT2D eigenvalue weighted by Crippen LogP contribution is -2.54. The number of piperidine rings is 1. The number of carbonyl (C=O) groups excluding carboxylic acids is 1.